The summed E-state index contributed by atoms with van der Waals surface area (Å²) in [4.78, 5) is 13.4. The monoisotopic (exact) mass is 230 g/mol. The van der Waals surface area contributed by atoms with Crippen molar-refractivity contribution in [2.75, 3.05) is 27.7 Å². The van der Waals surface area contributed by atoms with Gasteiger partial charge in [0.25, 0.3) is 0 Å². The van der Waals surface area contributed by atoms with Gasteiger partial charge in [-0.25, -0.2) is 0 Å². The van der Waals surface area contributed by atoms with Gasteiger partial charge in [0.2, 0.25) is 0 Å². The summed E-state index contributed by atoms with van der Waals surface area (Å²) in [6.07, 6.45) is 1.06. The molecule has 96 valence electrons. The minimum Gasteiger partial charge on any atom is -0.468 e. The van der Waals surface area contributed by atoms with Gasteiger partial charge in [-0.15, -0.1) is 0 Å². The molecule has 4 nitrogen and oxygen atoms in total. The van der Waals surface area contributed by atoms with Gasteiger partial charge >= 0.3 is 5.97 Å². The molecule has 0 saturated carbocycles. The zero-order valence-corrected chi connectivity index (χ0v) is 11.4. The fourth-order valence-corrected chi connectivity index (χ4v) is 1.80. The van der Waals surface area contributed by atoms with E-state index in [0.717, 1.165) is 13.0 Å². The van der Waals surface area contributed by atoms with E-state index in [1.54, 1.807) is 0 Å². The van der Waals surface area contributed by atoms with Crippen LogP contribution in [0.25, 0.3) is 0 Å². The Morgan fingerprint density at radius 1 is 1.31 bits per heavy atom. The first-order valence-corrected chi connectivity index (χ1v) is 5.85. The molecule has 0 bridgehead atoms. The molecule has 4 heteroatoms. The van der Waals surface area contributed by atoms with Gasteiger partial charge in [-0.3, -0.25) is 4.79 Å². The second-order valence-electron chi connectivity index (χ2n) is 5.00. The summed E-state index contributed by atoms with van der Waals surface area (Å²) in [6.45, 7) is 7.15. The Kier molecular flexibility index (Phi) is 7.34. The van der Waals surface area contributed by atoms with Crippen molar-refractivity contribution in [1.82, 2.24) is 10.2 Å². The Bertz CT molecular complexity index is 195. The largest absolute Gasteiger partial charge is 0.468 e. The minimum absolute atomic E-state index is 0.201. The number of nitrogens with zero attached hydrogens (tertiary/aromatic N) is 1. The van der Waals surface area contributed by atoms with Crippen LogP contribution in [0.2, 0.25) is 0 Å². The molecule has 0 aliphatic rings. The Morgan fingerprint density at radius 3 is 2.25 bits per heavy atom. The van der Waals surface area contributed by atoms with Crippen molar-refractivity contribution in [3.8, 4) is 0 Å². The van der Waals surface area contributed by atoms with Crippen LogP contribution in [0.15, 0.2) is 0 Å². The van der Waals surface area contributed by atoms with Gasteiger partial charge in [0, 0.05) is 12.6 Å². The number of carbonyl (C=O) groups excluding carboxylic acids is 1. The van der Waals surface area contributed by atoms with E-state index >= 15 is 0 Å². The number of ether oxygens (including phenoxy) is 1. The van der Waals surface area contributed by atoms with Gasteiger partial charge in [-0.2, -0.15) is 0 Å². The van der Waals surface area contributed by atoms with E-state index in [1.807, 2.05) is 21.0 Å². The molecule has 0 saturated heterocycles. The van der Waals surface area contributed by atoms with E-state index in [-0.39, 0.29) is 12.0 Å². The lowest BCUT2D eigenvalue weighted by Crippen LogP contribution is -2.47. The maximum atomic E-state index is 11.3. The number of likely N-dealkylation sites (N-methyl/N-ethyl adjacent to an activating group) is 1. The van der Waals surface area contributed by atoms with Gasteiger partial charge < -0.3 is 15.0 Å². The lowest BCUT2D eigenvalue weighted by atomic mass is 10.0. The van der Waals surface area contributed by atoms with E-state index in [1.165, 1.54) is 7.11 Å². The topological polar surface area (TPSA) is 41.6 Å². The molecule has 0 rings (SSSR count). The Morgan fingerprint density at radius 2 is 1.88 bits per heavy atom. The Hall–Kier alpha value is -0.610. The van der Waals surface area contributed by atoms with Gasteiger partial charge in [0.05, 0.1) is 7.11 Å². The molecule has 2 unspecified atom stereocenters. The molecule has 0 amide bonds. The average molecular weight is 230 g/mol. The normalized spacial score (nSPS) is 15.2. The molecule has 0 aliphatic carbocycles. The summed E-state index contributed by atoms with van der Waals surface area (Å²) >= 11 is 0. The Balaban J connectivity index is 4.24. The Labute approximate surface area is 99.3 Å². The third-order valence-corrected chi connectivity index (χ3v) is 2.38. The van der Waals surface area contributed by atoms with Crippen LogP contribution in [0.5, 0.6) is 0 Å². The van der Waals surface area contributed by atoms with Crippen molar-refractivity contribution < 1.29 is 9.53 Å². The predicted octanol–water partition coefficient (Wildman–Crippen LogP) is 1.11. The van der Waals surface area contributed by atoms with Crippen LogP contribution in [-0.4, -0.2) is 50.7 Å². The highest BCUT2D eigenvalue weighted by molar-refractivity contribution is 5.75. The second kappa shape index (κ2) is 7.63. The van der Waals surface area contributed by atoms with Crippen LogP contribution in [0.4, 0.5) is 0 Å². The number of methoxy groups -OCH3 is 1. The highest BCUT2D eigenvalue weighted by Crippen LogP contribution is 2.06. The fraction of sp³-hybridized carbons (Fsp3) is 0.917. The van der Waals surface area contributed by atoms with Crippen LogP contribution < -0.4 is 5.32 Å². The number of hydrogen-bond acceptors (Lipinski definition) is 4. The summed E-state index contributed by atoms with van der Waals surface area (Å²) in [5.74, 6) is 0.412. The first-order valence-electron chi connectivity index (χ1n) is 5.85. The van der Waals surface area contributed by atoms with E-state index in [2.05, 4.69) is 24.1 Å². The lowest BCUT2D eigenvalue weighted by molar-refractivity contribution is -0.142. The molecular weight excluding hydrogens is 204 g/mol. The van der Waals surface area contributed by atoms with Crippen LogP contribution in [0.1, 0.15) is 27.2 Å². The third-order valence-electron chi connectivity index (χ3n) is 2.38. The molecule has 0 aromatic rings. The SMILES string of the molecule is COC(=O)C(C)NC(CC(C)C)CN(C)C. The van der Waals surface area contributed by atoms with E-state index in [0.29, 0.717) is 12.0 Å². The maximum absolute atomic E-state index is 11.3. The molecule has 0 heterocycles. The summed E-state index contributed by atoms with van der Waals surface area (Å²) < 4.78 is 4.71. The molecule has 2 atom stereocenters. The van der Waals surface area contributed by atoms with Crippen LogP contribution >= 0.6 is 0 Å². The minimum atomic E-state index is -0.242. The summed E-state index contributed by atoms with van der Waals surface area (Å²) in [5.41, 5.74) is 0. The van der Waals surface area contributed by atoms with Crippen molar-refractivity contribution in [2.45, 2.75) is 39.3 Å². The smallest absolute Gasteiger partial charge is 0.322 e. The van der Waals surface area contributed by atoms with Crippen LogP contribution in [0.3, 0.4) is 0 Å². The quantitative estimate of drug-likeness (QED) is 0.665. The highest BCUT2D eigenvalue weighted by Gasteiger charge is 2.19. The molecular formula is C12H26N2O2. The van der Waals surface area contributed by atoms with Crippen molar-refractivity contribution in [3.05, 3.63) is 0 Å². The van der Waals surface area contributed by atoms with Gasteiger partial charge in [-0.1, -0.05) is 13.8 Å². The predicted molar refractivity (Wildman–Crippen MR) is 66.4 cm³/mol. The van der Waals surface area contributed by atoms with Crippen molar-refractivity contribution in [3.63, 3.8) is 0 Å². The standard InChI is InChI=1S/C12H26N2O2/c1-9(2)7-11(8-14(4)5)13-10(3)12(15)16-6/h9-11,13H,7-8H2,1-6H3. The first-order chi connectivity index (χ1) is 7.36. The maximum Gasteiger partial charge on any atom is 0.322 e. The molecule has 0 aliphatic heterocycles. The van der Waals surface area contributed by atoms with E-state index in [4.69, 9.17) is 4.74 Å². The number of hydrogen-bond donors (Lipinski definition) is 1. The molecule has 16 heavy (non-hydrogen) atoms. The summed E-state index contributed by atoms with van der Waals surface area (Å²) in [5, 5.41) is 3.31. The van der Waals surface area contributed by atoms with Gasteiger partial charge in [-0.05, 0) is 33.4 Å². The van der Waals surface area contributed by atoms with Crippen molar-refractivity contribution in [2.24, 2.45) is 5.92 Å². The molecule has 0 spiro atoms. The van der Waals surface area contributed by atoms with Gasteiger partial charge in [0.15, 0.2) is 0 Å². The second-order valence-corrected chi connectivity index (χ2v) is 5.00. The third kappa shape index (κ3) is 6.80. The van der Waals surface area contributed by atoms with E-state index in [9.17, 15) is 4.79 Å². The van der Waals surface area contributed by atoms with Crippen molar-refractivity contribution in [1.29, 1.82) is 0 Å². The van der Waals surface area contributed by atoms with Gasteiger partial charge in [0.1, 0.15) is 6.04 Å². The zero-order valence-electron chi connectivity index (χ0n) is 11.4. The molecule has 1 N–H and O–H groups in total. The average Bonchev–Trinajstić information content (AvgIpc) is 2.14. The number of carbonyl (C=O) groups is 1. The highest BCUT2D eigenvalue weighted by atomic mass is 16.5. The summed E-state index contributed by atoms with van der Waals surface area (Å²) in [6, 6.07) is 0.0813. The van der Waals surface area contributed by atoms with E-state index < -0.39 is 0 Å². The summed E-state index contributed by atoms with van der Waals surface area (Å²) in [7, 11) is 5.50. The van der Waals surface area contributed by atoms with Crippen LogP contribution in [0, 0.1) is 5.92 Å². The molecule has 0 aromatic heterocycles. The number of esters is 1. The lowest BCUT2D eigenvalue weighted by Gasteiger charge is -2.26. The number of rotatable bonds is 7. The van der Waals surface area contributed by atoms with Crippen LogP contribution in [-0.2, 0) is 9.53 Å². The molecule has 0 radical (unpaired) electrons. The number of nitrogens with one attached hydrogen (secondary N) is 1. The fourth-order valence-electron chi connectivity index (χ4n) is 1.80. The van der Waals surface area contributed by atoms with Crippen molar-refractivity contribution >= 4 is 5.97 Å². The zero-order chi connectivity index (χ0) is 12.7. The molecule has 0 aromatic carbocycles. The molecule has 0 fully saturated rings. The first kappa shape index (κ1) is 15.4.